The quantitative estimate of drug-likeness (QED) is 0.740. The Kier molecular flexibility index (Phi) is 3.98. The number of anilines is 2. The summed E-state index contributed by atoms with van der Waals surface area (Å²) in [4.78, 5) is 16.0. The minimum atomic E-state index is -0.481. The number of carbonyl (C=O) groups excluding carboxylic acids is 1. The molecule has 0 aliphatic heterocycles. The fourth-order valence-corrected chi connectivity index (χ4v) is 3.34. The van der Waals surface area contributed by atoms with E-state index in [2.05, 4.69) is 39.6 Å². The lowest BCUT2D eigenvalue weighted by atomic mass is 10.1. The molecule has 0 saturated carbocycles. The summed E-state index contributed by atoms with van der Waals surface area (Å²) in [5.74, 6) is 0.864. The van der Waals surface area contributed by atoms with Crippen LogP contribution in [0.4, 0.5) is 16.3 Å². The molecule has 4 rings (SSSR count). The normalized spacial score (nSPS) is 15.6. The van der Waals surface area contributed by atoms with Gasteiger partial charge in [-0.05, 0) is 54.3 Å². The van der Waals surface area contributed by atoms with Gasteiger partial charge in [-0.25, -0.2) is 9.78 Å². The van der Waals surface area contributed by atoms with Crippen LogP contribution in [0, 0.1) is 0 Å². The zero-order chi connectivity index (χ0) is 17.2. The van der Waals surface area contributed by atoms with Gasteiger partial charge in [0.1, 0.15) is 5.82 Å². The highest BCUT2D eigenvalue weighted by molar-refractivity contribution is 5.90. The average Bonchev–Trinajstić information content (AvgIpc) is 3.05. The van der Waals surface area contributed by atoms with Crippen LogP contribution in [-0.4, -0.2) is 18.2 Å². The van der Waals surface area contributed by atoms with Crippen LogP contribution in [0.25, 0.3) is 10.9 Å². The van der Waals surface area contributed by atoms with Gasteiger partial charge in [0, 0.05) is 11.1 Å². The summed E-state index contributed by atoms with van der Waals surface area (Å²) in [5, 5.41) is 7.17. The highest BCUT2D eigenvalue weighted by Gasteiger charge is 2.21. The molecule has 5 heteroatoms. The van der Waals surface area contributed by atoms with Crippen molar-refractivity contribution in [3.63, 3.8) is 0 Å². The molecule has 0 bridgehead atoms. The van der Waals surface area contributed by atoms with E-state index in [1.54, 1.807) is 0 Å². The van der Waals surface area contributed by atoms with Crippen LogP contribution >= 0.6 is 0 Å². The van der Waals surface area contributed by atoms with Crippen molar-refractivity contribution in [3.8, 4) is 0 Å². The van der Waals surface area contributed by atoms with Crippen LogP contribution in [0.2, 0.25) is 0 Å². The molecule has 5 nitrogen and oxygen atoms in total. The first-order chi connectivity index (χ1) is 12.2. The molecule has 0 spiro atoms. The molecule has 1 aliphatic rings. The van der Waals surface area contributed by atoms with Gasteiger partial charge in [0.25, 0.3) is 0 Å². The summed E-state index contributed by atoms with van der Waals surface area (Å²) in [6.45, 7) is 0. The number of hydrogen-bond donors (Lipinski definition) is 2. The van der Waals surface area contributed by atoms with Crippen LogP contribution in [0.15, 0.2) is 54.6 Å². The molecule has 0 fully saturated rings. The number of hydrogen-bond acceptors (Lipinski definition) is 4. The van der Waals surface area contributed by atoms with Crippen molar-refractivity contribution in [1.29, 1.82) is 0 Å². The number of benzene rings is 2. The minimum Gasteiger partial charge on any atom is -0.453 e. The summed E-state index contributed by atoms with van der Waals surface area (Å²) < 4.78 is 4.61. The molecule has 2 N–H and O–H groups in total. The van der Waals surface area contributed by atoms with Crippen LogP contribution in [0.5, 0.6) is 0 Å². The molecule has 0 saturated heterocycles. The Morgan fingerprint density at radius 2 is 2.04 bits per heavy atom. The Hall–Kier alpha value is -3.08. The van der Waals surface area contributed by atoms with Crippen molar-refractivity contribution in [2.45, 2.75) is 18.9 Å². The molecule has 25 heavy (non-hydrogen) atoms. The molecule has 1 aliphatic carbocycles. The molecule has 1 unspecified atom stereocenters. The summed E-state index contributed by atoms with van der Waals surface area (Å²) >= 11 is 0. The number of nitrogens with zero attached hydrogens (tertiary/aromatic N) is 1. The van der Waals surface area contributed by atoms with Gasteiger partial charge >= 0.3 is 6.09 Å². The molecule has 3 aromatic rings. The topological polar surface area (TPSA) is 63.2 Å². The molecule has 1 amide bonds. The Bertz CT molecular complexity index is 939. The first kappa shape index (κ1) is 15.4. The van der Waals surface area contributed by atoms with E-state index < -0.39 is 6.09 Å². The van der Waals surface area contributed by atoms with Crippen molar-refractivity contribution in [2.75, 3.05) is 17.7 Å². The van der Waals surface area contributed by atoms with E-state index in [1.807, 2.05) is 30.3 Å². The van der Waals surface area contributed by atoms with Crippen LogP contribution in [0.1, 0.15) is 23.6 Å². The van der Waals surface area contributed by atoms with Gasteiger partial charge in [0.05, 0.1) is 18.7 Å². The first-order valence-electron chi connectivity index (χ1n) is 8.33. The Morgan fingerprint density at radius 1 is 1.16 bits per heavy atom. The SMILES string of the molecule is COC(=O)Nc1ccc2nc(NC3CCc4ccccc43)ccc2c1. The van der Waals surface area contributed by atoms with Crippen LogP contribution in [-0.2, 0) is 11.2 Å². The fourth-order valence-electron chi connectivity index (χ4n) is 3.34. The van der Waals surface area contributed by atoms with Crippen molar-refractivity contribution in [1.82, 2.24) is 4.98 Å². The third kappa shape index (κ3) is 3.13. The monoisotopic (exact) mass is 333 g/mol. The number of methoxy groups -OCH3 is 1. The van der Waals surface area contributed by atoms with Gasteiger partial charge in [-0.2, -0.15) is 0 Å². The zero-order valence-electron chi connectivity index (χ0n) is 14.0. The lowest BCUT2D eigenvalue weighted by Gasteiger charge is -2.15. The standard InChI is InChI=1S/C20H19N3O2/c1-25-20(24)21-15-8-10-17-14(12-15)7-11-19(22-17)23-18-9-6-13-4-2-3-5-16(13)18/h2-5,7-8,10-12,18H,6,9H2,1H3,(H,21,24)(H,22,23). The lowest BCUT2D eigenvalue weighted by Crippen LogP contribution is -2.10. The fraction of sp³-hybridized carbons (Fsp3) is 0.200. The third-order valence-corrected chi connectivity index (χ3v) is 4.58. The molecule has 1 aromatic heterocycles. The second kappa shape index (κ2) is 6.43. The maximum Gasteiger partial charge on any atom is 0.411 e. The summed E-state index contributed by atoms with van der Waals surface area (Å²) in [7, 11) is 1.34. The van der Waals surface area contributed by atoms with Crippen molar-refractivity contribution in [2.24, 2.45) is 0 Å². The van der Waals surface area contributed by atoms with E-state index >= 15 is 0 Å². The number of carbonyl (C=O) groups is 1. The maximum atomic E-state index is 11.3. The predicted molar refractivity (Wildman–Crippen MR) is 98.9 cm³/mol. The second-order valence-corrected chi connectivity index (χ2v) is 6.15. The maximum absolute atomic E-state index is 11.3. The highest BCUT2D eigenvalue weighted by Crippen LogP contribution is 2.33. The Labute approximate surface area is 146 Å². The number of amides is 1. The zero-order valence-corrected chi connectivity index (χ0v) is 14.0. The van der Waals surface area contributed by atoms with E-state index in [0.29, 0.717) is 11.7 Å². The molecular formula is C20H19N3O2. The van der Waals surface area contributed by atoms with Crippen LogP contribution < -0.4 is 10.6 Å². The van der Waals surface area contributed by atoms with E-state index in [4.69, 9.17) is 4.98 Å². The number of fused-ring (bicyclic) bond motifs is 2. The van der Waals surface area contributed by atoms with Gasteiger partial charge in [0.2, 0.25) is 0 Å². The molecule has 126 valence electrons. The van der Waals surface area contributed by atoms with E-state index in [-0.39, 0.29) is 0 Å². The van der Waals surface area contributed by atoms with E-state index in [1.165, 1.54) is 18.2 Å². The summed E-state index contributed by atoms with van der Waals surface area (Å²) in [6.07, 6.45) is 1.70. The predicted octanol–water partition coefficient (Wildman–Crippen LogP) is 4.51. The summed E-state index contributed by atoms with van der Waals surface area (Å²) in [5.41, 5.74) is 4.35. The van der Waals surface area contributed by atoms with E-state index in [0.717, 1.165) is 29.6 Å². The number of ether oxygens (including phenoxy) is 1. The van der Waals surface area contributed by atoms with E-state index in [9.17, 15) is 4.79 Å². The number of pyridine rings is 1. The summed E-state index contributed by atoms with van der Waals surface area (Å²) in [6, 6.07) is 18.5. The molecule has 0 radical (unpaired) electrons. The Balaban J connectivity index is 1.56. The van der Waals surface area contributed by atoms with Crippen molar-refractivity contribution in [3.05, 3.63) is 65.7 Å². The van der Waals surface area contributed by atoms with Gasteiger partial charge in [-0.1, -0.05) is 24.3 Å². The van der Waals surface area contributed by atoms with Crippen LogP contribution in [0.3, 0.4) is 0 Å². The van der Waals surface area contributed by atoms with Gasteiger partial charge < -0.3 is 10.1 Å². The smallest absolute Gasteiger partial charge is 0.411 e. The molecule has 1 atom stereocenters. The largest absolute Gasteiger partial charge is 0.453 e. The van der Waals surface area contributed by atoms with Crippen molar-refractivity contribution >= 4 is 28.5 Å². The average molecular weight is 333 g/mol. The van der Waals surface area contributed by atoms with Gasteiger partial charge in [-0.3, -0.25) is 5.32 Å². The number of aryl methyl sites for hydroxylation is 1. The third-order valence-electron chi connectivity index (χ3n) is 4.58. The number of nitrogens with one attached hydrogen (secondary N) is 2. The number of rotatable bonds is 3. The molecule has 2 aromatic carbocycles. The minimum absolute atomic E-state index is 0.307. The first-order valence-corrected chi connectivity index (χ1v) is 8.33. The molecule has 1 heterocycles. The number of aromatic nitrogens is 1. The Morgan fingerprint density at radius 3 is 2.92 bits per heavy atom. The highest BCUT2D eigenvalue weighted by atomic mass is 16.5. The molecular weight excluding hydrogens is 314 g/mol. The van der Waals surface area contributed by atoms with Gasteiger partial charge in [0.15, 0.2) is 0 Å². The lowest BCUT2D eigenvalue weighted by molar-refractivity contribution is 0.187. The second-order valence-electron chi connectivity index (χ2n) is 6.15. The van der Waals surface area contributed by atoms with Gasteiger partial charge in [-0.15, -0.1) is 0 Å². The van der Waals surface area contributed by atoms with Crippen molar-refractivity contribution < 1.29 is 9.53 Å².